The van der Waals surface area contributed by atoms with Crippen molar-refractivity contribution in [3.8, 4) is 5.75 Å². The fraction of sp³-hybridized carbons (Fsp3) is 0.357. The Morgan fingerprint density at radius 1 is 1.50 bits per heavy atom. The van der Waals surface area contributed by atoms with Crippen molar-refractivity contribution in [2.75, 3.05) is 0 Å². The zero-order chi connectivity index (χ0) is 13.1. The van der Waals surface area contributed by atoms with Gasteiger partial charge in [-0.2, -0.15) is 0 Å². The number of rotatable bonds is 2. The van der Waals surface area contributed by atoms with Crippen LogP contribution < -0.4 is 4.74 Å². The molecule has 2 nitrogen and oxygen atoms in total. The normalized spacial score (nSPS) is 12.6. The molecule has 0 unspecified atom stereocenters. The fourth-order valence-electron chi connectivity index (χ4n) is 1.53. The number of benzene rings is 1. The molecule has 0 spiro atoms. The largest absolute Gasteiger partial charge is 0.426 e. The molecule has 0 aliphatic rings. The molecule has 0 saturated carbocycles. The molecule has 0 aliphatic carbocycles. The molecule has 16 heavy (non-hydrogen) atoms. The zero-order valence-corrected chi connectivity index (χ0v) is 10.2. The molecule has 1 rings (SSSR count). The van der Waals surface area contributed by atoms with Gasteiger partial charge in [0.15, 0.2) is 0 Å². The van der Waals surface area contributed by atoms with Gasteiger partial charge in [0.1, 0.15) is 5.75 Å². The van der Waals surface area contributed by atoms with Gasteiger partial charge in [-0.3, -0.25) is 4.79 Å². The monoisotopic (exact) mass is 219 g/mol. The van der Waals surface area contributed by atoms with Crippen molar-refractivity contribution in [1.82, 2.24) is 0 Å². The van der Waals surface area contributed by atoms with Crippen LogP contribution in [0.5, 0.6) is 5.75 Å². The van der Waals surface area contributed by atoms with E-state index in [9.17, 15) is 4.79 Å². The van der Waals surface area contributed by atoms with Gasteiger partial charge in [0.05, 0.1) is 1.37 Å². The Morgan fingerprint density at radius 2 is 2.19 bits per heavy atom. The number of carbonyl (C=O) groups excluding carboxylic acids is 1. The maximum Gasteiger partial charge on any atom is 0.308 e. The Morgan fingerprint density at radius 3 is 2.69 bits per heavy atom. The lowest BCUT2D eigenvalue weighted by atomic mass is 9.85. The highest BCUT2D eigenvalue weighted by Gasteiger charge is 2.21. The lowest BCUT2D eigenvalue weighted by Crippen LogP contribution is -2.15. The summed E-state index contributed by atoms with van der Waals surface area (Å²) in [4.78, 5) is 11.2. The van der Waals surface area contributed by atoms with Gasteiger partial charge in [-0.05, 0) is 5.41 Å². The minimum Gasteiger partial charge on any atom is -0.426 e. The standard InChI is InChI=1S/C14H18O2/c1-6-11-8-7-9-12(14(3,4)5)13(11)16-10(2)15/h6-9H,1H2,2-5H3/i1D. The number of hydrogen-bond donors (Lipinski definition) is 0. The quantitative estimate of drug-likeness (QED) is 0.561. The number of hydrogen-bond acceptors (Lipinski definition) is 2. The second-order valence-corrected chi connectivity index (χ2v) is 4.73. The van der Waals surface area contributed by atoms with E-state index in [0.717, 1.165) is 11.1 Å². The van der Waals surface area contributed by atoms with E-state index in [1.807, 2.05) is 18.2 Å². The number of ether oxygens (including phenoxy) is 1. The van der Waals surface area contributed by atoms with Gasteiger partial charge >= 0.3 is 5.97 Å². The van der Waals surface area contributed by atoms with Crippen LogP contribution in [0.4, 0.5) is 0 Å². The lowest BCUT2D eigenvalue weighted by Gasteiger charge is -2.23. The molecule has 0 radical (unpaired) electrons. The molecular weight excluding hydrogens is 200 g/mol. The molecule has 86 valence electrons. The SMILES string of the molecule is [2H]C=Cc1cccc(C(C)(C)C)c1OC(C)=O. The predicted octanol–water partition coefficient (Wildman–Crippen LogP) is 3.55. The number of esters is 1. The third-order valence-corrected chi connectivity index (χ3v) is 2.28. The molecule has 0 fully saturated rings. The molecule has 0 atom stereocenters. The van der Waals surface area contributed by atoms with Gasteiger partial charge in [0.2, 0.25) is 0 Å². The molecule has 2 heteroatoms. The summed E-state index contributed by atoms with van der Waals surface area (Å²) in [5.74, 6) is 0.206. The van der Waals surface area contributed by atoms with E-state index < -0.39 is 0 Å². The van der Waals surface area contributed by atoms with Gasteiger partial charge in [0, 0.05) is 18.1 Å². The van der Waals surface area contributed by atoms with Crippen molar-refractivity contribution in [1.29, 1.82) is 0 Å². The van der Waals surface area contributed by atoms with Gasteiger partial charge in [-0.1, -0.05) is 51.6 Å². The van der Waals surface area contributed by atoms with Crippen molar-refractivity contribution in [3.63, 3.8) is 0 Å². The summed E-state index contributed by atoms with van der Waals surface area (Å²) < 4.78 is 12.4. The summed E-state index contributed by atoms with van der Waals surface area (Å²) >= 11 is 0. The summed E-state index contributed by atoms with van der Waals surface area (Å²) in [5.41, 5.74) is 1.60. The second-order valence-electron chi connectivity index (χ2n) is 4.73. The molecule has 0 amide bonds. The van der Waals surface area contributed by atoms with Gasteiger partial charge in [0.25, 0.3) is 0 Å². The summed E-state index contributed by atoms with van der Waals surface area (Å²) in [7, 11) is 0. The Hall–Kier alpha value is -1.57. The summed E-state index contributed by atoms with van der Waals surface area (Å²) in [5, 5.41) is 0. The van der Waals surface area contributed by atoms with Crippen molar-refractivity contribution in [2.45, 2.75) is 33.1 Å². The highest BCUT2D eigenvalue weighted by atomic mass is 16.5. The molecule has 0 bridgehead atoms. The van der Waals surface area contributed by atoms with Crippen LogP contribution >= 0.6 is 0 Å². The van der Waals surface area contributed by atoms with Crippen LogP contribution in [-0.4, -0.2) is 5.97 Å². The maximum atomic E-state index is 11.2. The topological polar surface area (TPSA) is 26.3 Å². The summed E-state index contributed by atoms with van der Waals surface area (Å²) in [6, 6.07) is 5.68. The molecule has 0 aromatic heterocycles. The fourth-order valence-corrected chi connectivity index (χ4v) is 1.53. The summed E-state index contributed by atoms with van der Waals surface area (Å²) in [6.45, 7) is 8.75. The highest BCUT2D eigenvalue weighted by molar-refractivity contribution is 5.73. The first-order valence-electron chi connectivity index (χ1n) is 5.81. The average Bonchev–Trinajstić information content (AvgIpc) is 2.18. The van der Waals surface area contributed by atoms with Crippen LogP contribution in [0, 0.1) is 0 Å². The molecule has 1 aromatic rings. The first-order chi connectivity index (χ1) is 7.86. The van der Waals surface area contributed by atoms with E-state index in [-0.39, 0.29) is 11.4 Å². The van der Waals surface area contributed by atoms with Gasteiger partial charge < -0.3 is 4.74 Å². The Balaban J connectivity index is 3.39. The van der Waals surface area contributed by atoms with Crippen LogP contribution in [0.25, 0.3) is 6.08 Å². The minimum absolute atomic E-state index is 0.114. The van der Waals surface area contributed by atoms with Gasteiger partial charge in [-0.25, -0.2) is 0 Å². The van der Waals surface area contributed by atoms with Crippen LogP contribution in [0.3, 0.4) is 0 Å². The lowest BCUT2D eigenvalue weighted by molar-refractivity contribution is -0.131. The maximum absolute atomic E-state index is 11.2. The molecule has 0 saturated heterocycles. The van der Waals surface area contributed by atoms with Crippen LogP contribution in [-0.2, 0) is 10.2 Å². The van der Waals surface area contributed by atoms with E-state index in [0.29, 0.717) is 5.75 Å². The average molecular weight is 219 g/mol. The molecular formula is C14H18O2. The smallest absolute Gasteiger partial charge is 0.308 e. The van der Waals surface area contributed by atoms with E-state index in [4.69, 9.17) is 6.11 Å². The highest BCUT2D eigenvalue weighted by Crippen LogP contribution is 2.34. The molecule has 0 N–H and O–H groups in total. The Kier molecular flexibility index (Phi) is 3.09. The Bertz CT molecular complexity index is 442. The third kappa shape index (κ3) is 2.72. The second kappa shape index (κ2) is 4.52. The molecule has 0 heterocycles. The van der Waals surface area contributed by atoms with Crippen molar-refractivity contribution < 1.29 is 10.9 Å². The number of para-hydroxylation sites is 1. The van der Waals surface area contributed by atoms with E-state index in [2.05, 4.69) is 20.8 Å². The van der Waals surface area contributed by atoms with Crippen LogP contribution in [0.15, 0.2) is 24.8 Å². The zero-order valence-electron chi connectivity index (χ0n) is 11.2. The Labute approximate surface area is 98.3 Å². The van der Waals surface area contributed by atoms with Gasteiger partial charge in [-0.15, -0.1) is 0 Å². The van der Waals surface area contributed by atoms with Crippen LogP contribution in [0.2, 0.25) is 0 Å². The van der Waals surface area contributed by atoms with Crippen LogP contribution in [0.1, 0.15) is 40.2 Å². The van der Waals surface area contributed by atoms with Crippen molar-refractivity contribution in [2.24, 2.45) is 0 Å². The van der Waals surface area contributed by atoms with Crippen molar-refractivity contribution >= 4 is 12.0 Å². The minimum atomic E-state index is -0.346. The molecule has 0 aliphatic heterocycles. The first kappa shape index (κ1) is 10.9. The van der Waals surface area contributed by atoms with E-state index >= 15 is 0 Å². The summed E-state index contributed by atoms with van der Waals surface area (Å²) in [6.07, 6.45) is 1.62. The molecule has 1 aromatic carbocycles. The third-order valence-electron chi connectivity index (χ3n) is 2.28. The van der Waals surface area contributed by atoms with E-state index in [1.165, 1.54) is 13.5 Å². The van der Waals surface area contributed by atoms with E-state index in [1.54, 1.807) is 6.08 Å². The predicted molar refractivity (Wildman–Crippen MR) is 66.5 cm³/mol. The first-order valence-corrected chi connectivity index (χ1v) is 5.23. The number of carbonyl (C=O) groups is 1. The van der Waals surface area contributed by atoms with Crippen molar-refractivity contribution in [3.05, 3.63) is 35.9 Å².